The number of hydrogen-bond acceptors (Lipinski definition) is 3. The van der Waals surface area contributed by atoms with Gasteiger partial charge in [0.2, 0.25) is 0 Å². The van der Waals surface area contributed by atoms with Crippen LogP contribution in [0.5, 0.6) is 11.5 Å². The highest BCUT2D eigenvalue weighted by atomic mass is 16.5. The zero-order valence-corrected chi connectivity index (χ0v) is 14.7. The number of benzene rings is 3. The molecular weight excluding hydrogens is 314 g/mol. The smallest absolute Gasteiger partial charge is 0.257 e. The molecule has 4 nitrogen and oxygen atoms in total. The second-order valence-corrected chi connectivity index (χ2v) is 5.87. The molecule has 0 aromatic heterocycles. The Morgan fingerprint density at radius 1 is 0.880 bits per heavy atom. The topological polar surface area (TPSA) is 38.8 Å². The molecule has 3 rings (SSSR count). The number of hydrogen-bond donors (Lipinski definition) is 0. The lowest BCUT2D eigenvalue weighted by Crippen LogP contribution is -2.26. The van der Waals surface area contributed by atoms with Gasteiger partial charge in [-0.05, 0) is 29.0 Å². The largest absolute Gasteiger partial charge is 0.496 e. The summed E-state index contributed by atoms with van der Waals surface area (Å²) in [5.74, 6) is 1.26. The van der Waals surface area contributed by atoms with Crippen molar-refractivity contribution < 1.29 is 14.3 Å². The fourth-order valence-corrected chi connectivity index (χ4v) is 2.92. The lowest BCUT2D eigenvalue weighted by molar-refractivity contribution is 0.0781. The molecule has 0 aliphatic carbocycles. The quantitative estimate of drug-likeness (QED) is 0.704. The highest BCUT2D eigenvalue weighted by molar-refractivity contribution is 6.01. The summed E-state index contributed by atoms with van der Waals surface area (Å²) < 4.78 is 10.8. The van der Waals surface area contributed by atoms with Crippen molar-refractivity contribution in [3.8, 4) is 11.5 Å². The maximum absolute atomic E-state index is 13.0. The minimum Gasteiger partial charge on any atom is -0.496 e. The van der Waals surface area contributed by atoms with Gasteiger partial charge in [0.05, 0.1) is 19.8 Å². The summed E-state index contributed by atoms with van der Waals surface area (Å²) in [5.41, 5.74) is 1.51. The summed E-state index contributed by atoms with van der Waals surface area (Å²) in [6.07, 6.45) is 0. The average molecular weight is 335 g/mol. The maximum atomic E-state index is 13.0. The molecule has 0 fully saturated rings. The summed E-state index contributed by atoms with van der Waals surface area (Å²) in [5, 5.41) is 2.06. The monoisotopic (exact) mass is 335 g/mol. The molecule has 4 heteroatoms. The molecule has 0 N–H and O–H groups in total. The molecular formula is C21H21NO3. The molecule has 0 aliphatic rings. The van der Waals surface area contributed by atoms with E-state index in [1.165, 1.54) is 0 Å². The number of amides is 1. The van der Waals surface area contributed by atoms with Gasteiger partial charge >= 0.3 is 0 Å². The van der Waals surface area contributed by atoms with E-state index in [9.17, 15) is 4.79 Å². The summed E-state index contributed by atoms with van der Waals surface area (Å²) >= 11 is 0. The lowest BCUT2D eigenvalue weighted by atomic mass is 10.0. The number of nitrogens with zero attached hydrogens (tertiary/aromatic N) is 1. The minimum absolute atomic E-state index is 0.0893. The molecule has 0 aliphatic heterocycles. The van der Waals surface area contributed by atoms with Crippen LogP contribution in [-0.4, -0.2) is 32.1 Å². The molecule has 0 atom stereocenters. The van der Waals surface area contributed by atoms with Crippen molar-refractivity contribution in [3.63, 3.8) is 0 Å². The second kappa shape index (κ2) is 7.26. The van der Waals surface area contributed by atoms with Gasteiger partial charge in [-0.3, -0.25) is 4.79 Å². The number of fused-ring (bicyclic) bond motifs is 1. The van der Waals surface area contributed by atoms with Crippen LogP contribution in [0.15, 0.2) is 60.7 Å². The van der Waals surface area contributed by atoms with Crippen molar-refractivity contribution in [2.45, 2.75) is 6.54 Å². The van der Waals surface area contributed by atoms with E-state index < -0.39 is 0 Å². The van der Waals surface area contributed by atoms with Gasteiger partial charge in [0, 0.05) is 19.2 Å². The fourth-order valence-electron chi connectivity index (χ4n) is 2.92. The predicted molar refractivity (Wildman–Crippen MR) is 99.3 cm³/mol. The van der Waals surface area contributed by atoms with Crippen molar-refractivity contribution in [2.75, 3.05) is 21.3 Å². The van der Waals surface area contributed by atoms with E-state index >= 15 is 0 Å². The number of rotatable bonds is 5. The molecule has 128 valence electrons. The van der Waals surface area contributed by atoms with E-state index in [-0.39, 0.29) is 5.91 Å². The first-order chi connectivity index (χ1) is 12.1. The van der Waals surface area contributed by atoms with Crippen LogP contribution >= 0.6 is 0 Å². The van der Waals surface area contributed by atoms with Crippen LogP contribution in [0.4, 0.5) is 0 Å². The zero-order valence-electron chi connectivity index (χ0n) is 14.7. The molecule has 3 aromatic rings. The number of methoxy groups -OCH3 is 2. The normalized spacial score (nSPS) is 10.5. The van der Waals surface area contributed by atoms with E-state index in [2.05, 4.69) is 0 Å². The van der Waals surface area contributed by atoms with Crippen molar-refractivity contribution in [2.24, 2.45) is 0 Å². The molecule has 0 radical (unpaired) electrons. The zero-order chi connectivity index (χ0) is 17.8. The van der Waals surface area contributed by atoms with E-state index in [1.54, 1.807) is 26.2 Å². The number of ether oxygens (including phenoxy) is 2. The molecule has 25 heavy (non-hydrogen) atoms. The average Bonchev–Trinajstić information content (AvgIpc) is 2.66. The Morgan fingerprint density at radius 2 is 1.48 bits per heavy atom. The second-order valence-electron chi connectivity index (χ2n) is 5.87. The fraction of sp³-hybridized carbons (Fsp3) is 0.190. The van der Waals surface area contributed by atoms with Crippen LogP contribution in [0.25, 0.3) is 10.8 Å². The third-order valence-electron chi connectivity index (χ3n) is 4.24. The molecule has 0 unspecified atom stereocenters. The van der Waals surface area contributed by atoms with E-state index in [0.717, 1.165) is 22.1 Å². The number of para-hydroxylation sites is 1. The summed E-state index contributed by atoms with van der Waals surface area (Å²) in [7, 11) is 5.00. The van der Waals surface area contributed by atoms with Gasteiger partial charge in [0.1, 0.15) is 11.5 Å². The number of carbonyl (C=O) groups is 1. The summed E-state index contributed by atoms with van der Waals surface area (Å²) in [4.78, 5) is 14.6. The van der Waals surface area contributed by atoms with Crippen LogP contribution in [0, 0.1) is 0 Å². The van der Waals surface area contributed by atoms with Crippen LogP contribution in [0.1, 0.15) is 15.9 Å². The lowest BCUT2D eigenvalue weighted by Gasteiger charge is -2.20. The Hall–Kier alpha value is -3.01. The van der Waals surface area contributed by atoms with E-state index in [0.29, 0.717) is 17.9 Å². The Labute approximate surface area is 147 Å². The Kier molecular flexibility index (Phi) is 4.89. The van der Waals surface area contributed by atoms with Crippen molar-refractivity contribution in [3.05, 3.63) is 71.8 Å². The van der Waals surface area contributed by atoms with Gasteiger partial charge in [-0.15, -0.1) is 0 Å². The van der Waals surface area contributed by atoms with Crippen LogP contribution in [0.3, 0.4) is 0 Å². The van der Waals surface area contributed by atoms with E-state index in [1.807, 2.05) is 60.7 Å². The summed E-state index contributed by atoms with van der Waals surface area (Å²) in [6.45, 7) is 0.457. The van der Waals surface area contributed by atoms with Crippen LogP contribution in [0.2, 0.25) is 0 Å². The predicted octanol–water partition coefficient (Wildman–Crippen LogP) is 4.13. The third-order valence-corrected chi connectivity index (χ3v) is 4.24. The SMILES string of the molecule is COc1ccccc1CN(C)C(=O)c1cc2ccccc2cc1OC. The Balaban J connectivity index is 1.92. The van der Waals surface area contributed by atoms with Gasteiger partial charge in [-0.1, -0.05) is 42.5 Å². The molecule has 0 bridgehead atoms. The van der Waals surface area contributed by atoms with Gasteiger partial charge in [-0.25, -0.2) is 0 Å². The van der Waals surface area contributed by atoms with Gasteiger partial charge < -0.3 is 14.4 Å². The molecule has 3 aromatic carbocycles. The van der Waals surface area contributed by atoms with Crippen molar-refractivity contribution >= 4 is 16.7 Å². The molecule has 0 spiro atoms. The van der Waals surface area contributed by atoms with Gasteiger partial charge in [-0.2, -0.15) is 0 Å². The van der Waals surface area contributed by atoms with Crippen molar-refractivity contribution in [1.82, 2.24) is 4.90 Å². The molecule has 0 heterocycles. The van der Waals surface area contributed by atoms with Crippen LogP contribution in [-0.2, 0) is 6.54 Å². The molecule has 0 saturated carbocycles. The number of carbonyl (C=O) groups excluding carboxylic acids is 1. The third kappa shape index (κ3) is 3.43. The first-order valence-electron chi connectivity index (χ1n) is 8.08. The first-order valence-corrected chi connectivity index (χ1v) is 8.08. The minimum atomic E-state index is -0.0893. The van der Waals surface area contributed by atoms with Crippen LogP contribution < -0.4 is 9.47 Å². The Bertz CT molecular complexity index is 905. The highest BCUT2D eigenvalue weighted by Crippen LogP contribution is 2.28. The van der Waals surface area contributed by atoms with E-state index in [4.69, 9.17) is 9.47 Å². The standard InChI is InChI=1S/C21H21NO3/c1-22(14-17-10-6-7-11-19(17)24-2)21(23)18-12-15-8-4-5-9-16(15)13-20(18)25-3/h4-13H,14H2,1-3H3. The van der Waals surface area contributed by atoms with Gasteiger partial charge in [0.15, 0.2) is 0 Å². The molecule has 0 saturated heterocycles. The van der Waals surface area contributed by atoms with Crippen molar-refractivity contribution in [1.29, 1.82) is 0 Å². The Morgan fingerprint density at radius 3 is 2.16 bits per heavy atom. The first kappa shape index (κ1) is 16.8. The summed E-state index contributed by atoms with van der Waals surface area (Å²) in [6, 6.07) is 19.4. The van der Waals surface area contributed by atoms with Gasteiger partial charge in [0.25, 0.3) is 5.91 Å². The molecule has 1 amide bonds. The maximum Gasteiger partial charge on any atom is 0.257 e. The highest BCUT2D eigenvalue weighted by Gasteiger charge is 2.18.